The van der Waals surface area contributed by atoms with Gasteiger partial charge in [-0.15, -0.1) is 0 Å². The van der Waals surface area contributed by atoms with Crippen molar-refractivity contribution in [3.05, 3.63) is 83.7 Å². The molecule has 1 amide bonds. The number of aryl methyl sites for hydroxylation is 1. The number of carbonyl (C=O) groups is 1. The van der Waals surface area contributed by atoms with Crippen LogP contribution in [0, 0.1) is 6.92 Å². The highest BCUT2D eigenvalue weighted by molar-refractivity contribution is 7.22. The van der Waals surface area contributed by atoms with Gasteiger partial charge in [0.15, 0.2) is 5.13 Å². The van der Waals surface area contributed by atoms with Crippen LogP contribution in [-0.4, -0.2) is 22.5 Å². The van der Waals surface area contributed by atoms with Gasteiger partial charge >= 0.3 is 0 Å². The molecular formula is C26H27N3O2S. The van der Waals surface area contributed by atoms with Gasteiger partial charge in [-0.3, -0.25) is 14.7 Å². The lowest BCUT2D eigenvalue weighted by atomic mass is 10.1. The van der Waals surface area contributed by atoms with Crippen molar-refractivity contribution in [2.75, 3.05) is 11.5 Å². The Labute approximate surface area is 192 Å². The monoisotopic (exact) mass is 445 g/mol. The van der Waals surface area contributed by atoms with Crippen molar-refractivity contribution in [3.63, 3.8) is 0 Å². The number of rotatable bonds is 9. The van der Waals surface area contributed by atoms with Crippen LogP contribution in [0.4, 0.5) is 5.13 Å². The van der Waals surface area contributed by atoms with Gasteiger partial charge in [-0.1, -0.05) is 49.3 Å². The fraction of sp³-hybridized carbons (Fsp3) is 0.269. The summed E-state index contributed by atoms with van der Waals surface area (Å²) in [4.78, 5) is 24.3. The molecule has 4 aromatic rings. The number of thiazole rings is 1. The molecule has 4 rings (SSSR count). The second-order valence-electron chi connectivity index (χ2n) is 7.75. The lowest BCUT2D eigenvalue weighted by Gasteiger charge is -2.20. The Kier molecular flexibility index (Phi) is 7.12. The maximum atomic E-state index is 13.6. The third-order valence-electron chi connectivity index (χ3n) is 5.27. The highest BCUT2D eigenvalue weighted by Crippen LogP contribution is 2.32. The van der Waals surface area contributed by atoms with Gasteiger partial charge in [-0.05, 0) is 60.9 Å². The van der Waals surface area contributed by atoms with Crippen LogP contribution in [0.15, 0.2) is 67.0 Å². The fourth-order valence-electron chi connectivity index (χ4n) is 3.48. The number of ether oxygens (including phenoxy) is 1. The fourth-order valence-corrected chi connectivity index (χ4v) is 4.52. The first-order chi connectivity index (χ1) is 15.7. The number of pyridine rings is 1. The Bertz CT molecular complexity index is 1170. The molecule has 0 fully saturated rings. The van der Waals surface area contributed by atoms with Crippen LogP contribution in [0.3, 0.4) is 0 Å². The minimum absolute atomic E-state index is 0.0944. The summed E-state index contributed by atoms with van der Waals surface area (Å²) in [6, 6.07) is 17.3. The summed E-state index contributed by atoms with van der Waals surface area (Å²) in [6.07, 6.45) is 6.87. The second-order valence-corrected chi connectivity index (χ2v) is 8.76. The summed E-state index contributed by atoms with van der Waals surface area (Å²) in [6.45, 7) is 5.31. The van der Waals surface area contributed by atoms with E-state index in [4.69, 9.17) is 9.72 Å². The SMILES string of the molecule is CCCCCOc1ccc(C(=O)N(Cc2cccnc2)c2nc3c(C)cccc3s2)cc1. The molecule has 0 N–H and O–H groups in total. The van der Waals surface area contributed by atoms with Crippen LogP contribution in [-0.2, 0) is 6.54 Å². The van der Waals surface area contributed by atoms with Crippen molar-refractivity contribution >= 4 is 32.6 Å². The quantitative estimate of drug-likeness (QED) is 0.279. The predicted molar refractivity (Wildman–Crippen MR) is 131 cm³/mol. The van der Waals surface area contributed by atoms with Crippen molar-refractivity contribution in [2.45, 2.75) is 39.7 Å². The Balaban J connectivity index is 1.60. The zero-order valence-corrected chi connectivity index (χ0v) is 19.3. The third kappa shape index (κ3) is 5.14. The molecule has 2 aromatic carbocycles. The minimum atomic E-state index is -0.0944. The topological polar surface area (TPSA) is 55.3 Å². The number of hydrogen-bond donors (Lipinski definition) is 0. The summed E-state index contributed by atoms with van der Waals surface area (Å²) in [5.41, 5.74) is 3.59. The average molecular weight is 446 g/mol. The van der Waals surface area contributed by atoms with E-state index in [1.54, 1.807) is 17.3 Å². The molecule has 32 heavy (non-hydrogen) atoms. The first-order valence-electron chi connectivity index (χ1n) is 11.0. The van der Waals surface area contributed by atoms with Crippen molar-refractivity contribution in [1.82, 2.24) is 9.97 Å². The van der Waals surface area contributed by atoms with Crippen LogP contribution in [0.5, 0.6) is 5.75 Å². The molecular weight excluding hydrogens is 418 g/mol. The second kappa shape index (κ2) is 10.4. The average Bonchev–Trinajstić information content (AvgIpc) is 3.26. The van der Waals surface area contributed by atoms with Gasteiger partial charge in [0.2, 0.25) is 0 Å². The molecule has 2 heterocycles. The van der Waals surface area contributed by atoms with E-state index in [-0.39, 0.29) is 5.91 Å². The van der Waals surface area contributed by atoms with Crippen LogP contribution in [0.2, 0.25) is 0 Å². The molecule has 0 aliphatic rings. The van der Waals surface area contributed by atoms with Gasteiger partial charge in [0.05, 0.1) is 23.4 Å². The van der Waals surface area contributed by atoms with Gasteiger partial charge in [0, 0.05) is 18.0 Å². The summed E-state index contributed by atoms with van der Waals surface area (Å²) < 4.78 is 6.86. The Morgan fingerprint density at radius 1 is 1.06 bits per heavy atom. The van der Waals surface area contributed by atoms with Gasteiger partial charge in [-0.25, -0.2) is 4.98 Å². The first-order valence-corrected chi connectivity index (χ1v) is 11.8. The predicted octanol–water partition coefficient (Wildman–Crippen LogP) is 6.42. The molecule has 0 bridgehead atoms. The van der Waals surface area contributed by atoms with E-state index >= 15 is 0 Å². The minimum Gasteiger partial charge on any atom is -0.494 e. The Morgan fingerprint density at radius 3 is 2.62 bits per heavy atom. The van der Waals surface area contributed by atoms with E-state index < -0.39 is 0 Å². The molecule has 6 heteroatoms. The van der Waals surface area contributed by atoms with Gasteiger partial charge < -0.3 is 4.74 Å². The number of nitrogens with zero attached hydrogens (tertiary/aromatic N) is 3. The van der Waals surface area contributed by atoms with Crippen LogP contribution in [0.1, 0.15) is 47.7 Å². The maximum absolute atomic E-state index is 13.6. The summed E-state index contributed by atoms with van der Waals surface area (Å²) in [7, 11) is 0. The number of hydrogen-bond acceptors (Lipinski definition) is 5. The van der Waals surface area contributed by atoms with E-state index in [2.05, 4.69) is 11.9 Å². The number of benzene rings is 2. The lowest BCUT2D eigenvalue weighted by molar-refractivity contribution is 0.0985. The number of unbranched alkanes of at least 4 members (excludes halogenated alkanes) is 2. The van der Waals surface area contributed by atoms with Crippen molar-refractivity contribution in [3.8, 4) is 5.75 Å². The van der Waals surface area contributed by atoms with Crippen LogP contribution >= 0.6 is 11.3 Å². The van der Waals surface area contributed by atoms with Gasteiger partial charge in [0.1, 0.15) is 5.75 Å². The summed E-state index contributed by atoms with van der Waals surface area (Å²) >= 11 is 1.53. The number of anilines is 1. The largest absolute Gasteiger partial charge is 0.494 e. The van der Waals surface area contributed by atoms with E-state index in [0.29, 0.717) is 23.8 Å². The van der Waals surface area contributed by atoms with E-state index in [1.165, 1.54) is 11.3 Å². The molecule has 0 saturated carbocycles. The molecule has 0 aliphatic heterocycles. The number of fused-ring (bicyclic) bond motifs is 1. The highest BCUT2D eigenvalue weighted by Gasteiger charge is 2.22. The number of aromatic nitrogens is 2. The molecule has 164 valence electrons. The summed E-state index contributed by atoms with van der Waals surface area (Å²) in [5, 5.41) is 0.683. The number of para-hydroxylation sites is 1. The molecule has 0 spiro atoms. The van der Waals surface area contributed by atoms with Gasteiger partial charge in [0.25, 0.3) is 5.91 Å². The molecule has 5 nitrogen and oxygen atoms in total. The standard InChI is InChI=1S/C26H27N3O2S/c1-3-4-5-16-31-22-13-11-21(12-14-22)25(30)29(18-20-9-7-15-27-17-20)26-28-24-19(2)8-6-10-23(24)32-26/h6-15,17H,3-5,16,18H2,1-2H3. The van der Waals surface area contributed by atoms with Crippen LogP contribution in [0.25, 0.3) is 10.2 Å². The van der Waals surface area contributed by atoms with Crippen molar-refractivity contribution < 1.29 is 9.53 Å². The molecule has 0 radical (unpaired) electrons. The van der Waals surface area contributed by atoms with Crippen molar-refractivity contribution in [2.24, 2.45) is 0 Å². The smallest absolute Gasteiger partial charge is 0.260 e. The zero-order valence-electron chi connectivity index (χ0n) is 18.5. The van der Waals surface area contributed by atoms with E-state index in [1.807, 2.05) is 61.5 Å². The highest BCUT2D eigenvalue weighted by atomic mass is 32.1. The Morgan fingerprint density at radius 2 is 1.91 bits per heavy atom. The Hall–Kier alpha value is -3.25. The van der Waals surface area contributed by atoms with E-state index in [0.717, 1.165) is 46.4 Å². The molecule has 0 atom stereocenters. The summed E-state index contributed by atoms with van der Waals surface area (Å²) in [5.74, 6) is 0.690. The van der Waals surface area contributed by atoms with E-state index in [9.17, 15) is 4.79 Å². The normalized spacial score (nSPS) is 10.9. The zero-order chi connectivity index (χ0) is 22.3. The molecule has 0 saturated heterocycles. The van der Waals surface area contributed by atoms with Crippen molar-refractivity contribution in [1.29, 1.82) is 0 Å². The maximum Gasteiger partial charge on any atom is 0.260 e. The molecule has 0 unspecified atom stereocenters. The lowest BCUT2D eigenvalue weighted by Crippen LogP contribution is -2.30. The number of amides is 1. The molecule has 0 aliphatic carbocycles. The third-order valence-corrected chi connectivity index (χ3v) is 6.31. The first kappa shape index (κ1) is 22.0. The molecule has 2 aromatic heterocycles. The number of carbonyl (C=O) groups excluding carboxylic acids is 1. The van der Waals surface area contributed by atoms with Crippen LogP contribution < -0.4 is 9.64 Å². The van der Waals surface area contributed by atoms with Gasteiger partial charge in [-0.2, -0.15) is 0 Å².